The zero-order chi connectivity index (χ0) is 15.2. The molecule has 0 aliphatic rings. The van der Waals surface area contributed by atoms with Crippen LogP contribution in [0, 0.1) is 0 Å². The first-order valence-electron chi connectivity index (χ1n) is 5.86. The summed E-state index contributed by atoms with van der Waals surface area (Å²) in [7, 11) is 3.49. The fraction of sp³-hybridized carbons (Fsp3) is 0.636. The molecule has 0 atom stereocenters. The fourth-order valence-corrected chi connectivity index (χ4v) is 1.55. The maximum atomic E-state index is 12.5. The Morgan fingerprint density at radius 3 is 2.65 bits per heavy atom. The summed E-state index contributed by atoms with van der Waals surface area (Å²) in [6.07, 6.45) is -4.61. The summed E-state index contributed by atoms with van der Waals surface area (Å²) in [5, 5.41) is 2.54. The van der Waals surface area contributed by atoms with E-state index in [1.807, 2.05) is 11.9 Å². The number of aromatic nitrogens is 2. The molecule has 0 radical (unpaired) electrons. The summed E-state index contributed by atoms with van der Waals surface area (Å²) in [6, 6.07) is 1.26. The zero-order valence-electron chi connectivity index (χ0n) is 11.2. The summed E-state index contributed by atoms with van der Waals surface area (Å²) in [5.74, 6) is -1.20. The van der Waals surface area contributed by atoms with E-state index in [9.17, 15) is 13.2 Å². The molecule has 20 heavy (non-hydrogen) atoms. The lowest BCUT2D eigenvalue weighted by Gasteiger charge is -2.16. The third-order valence-corrected chi connectivity index (χ3v) is 2.62. The Kier molecular flexibility index (Phi) is 6.44. The van der Waals surface area contributed by atoms with E-state index in [1.54, 1.807) is 7.11 Å². The van der Waals surface area contributed by atoms with E-state index in [1.165, 1.54) is 6.07 Å². The van der Waals surface area contributed by atoms with Crippen molar-refractivity contribution in [3.63, 3.8) is 0 Å². The van der Waals surface area contributed by atoms with Crippen LogP contribution in [0.1, 0.15) is 5.82 Å². The highest BCUT2D eigenvalue weighted by molar-refractivity contribution is 6.29. The molecule has 1 aromatic heterocycles. The van der Waals surface area contributed by atoms with Gasteiger partial charge in [0, 0.05) is 32.8 Å². The molecule has 0 saturated carbocycles. The normalized spacial score (nSPS) is 11.9. The molecule has 0 saturated heterocycles. The molecule has 0 unspecified atom stereocenters. The average molecular weight is 313 g/mol. The Hall–Kier alpha value is -1.12. The van der Waals surface area contributed by atoms with Gasteiger partial charge in [-0.1, -0.05) is 11.6 Å². The summed E-state index contributed by atoms with van der Waals surface area (Å²) >= 11 is 5.55. The minimum atomic E-state index is -4.61. The van der Waals surface area contributed by atoms with E-state index in [0.29, 0.717) is 19.7 Å². The molecule has 0 aromatic carbocycles. The molecular formula is C11H16ClF3N4O. The maximum Gasteiger partial charge on any atom is 0.451 e. The van der Waals surface area contributed by atoms with Crippen LogP contribution in [-0.4, -0.2) is 55.3 Å². The Bertz CT molecular complexity index is 431. The van der Waals surface area contributed by atoms with E-state index in [4.69, 9.17) is 16.3 Å². The fourth-order valence-electron chi connectivity index (χ4n) is 1.37. The average Bonchev–Trinajstić information content (AvgIpc) is 2.34. The van der Waals surface area contributed by atoms with Gasteiger partial charge < -0.3 is 15.0 Å². The molecule has 1 N–H and O–H groups in total. The zero-order valence-corrected chi connectivity index (χ0v) is 11.9. The van der Waals surface area contributed by atoms with Gasteiger partial charge in [-0.3, -0.25) is 0 Å². The van der Waals surface area contributed by atoms with Gasteiger partial charge in [-0.15, -0.1) is 0 Å². The van der Waals surface area contributed by atoms with Gasteiger partial charge in [0.15, 0.2) is 0 Å². The van der Waals surface area contributed by atoms with Crippen molar-refractivity contribution >= 4 is 17.4 Å². The van der Waals surface area contributed by atoms with Crippen LogP contribution in [-0.2, 0) is 10.9 Å². The Morgan fingerprint density at radius 1 is 1.35 bits per heavy atom. The number of alkyl halides is 3. The minimum absolute atomic E-state index is 0.0532. The number of ether oxygens (including phenoxy) is 1. The number of hydrogen-bond acceptors (Lipinski definition) is 5. The Labute approximate surface area is 120 Å². The number of anilines is 1. The molecule has 0 aliphatic carbocycles. The summed E-state index contributed by atoms with van der Waals surface area (Å²) < 4.78 is 42.4. The number of rotatable bonds is 7. The standard InChI is InChI=1S/C11H16ClF3N4O/c1-19(5-6-20-2)4-3-16-9-7-8(12)17-10(18-9)11(13,14)15/h7H,3-6H2,1-2H3,(H,16,17,18). The highest BCUT2D eigenvalue weighted by Gasteiger charge is 2.35. The third kappa shape index (κ3) is 5.89. The van der Waals surface area contributed by atoms with Crippen molar-refractivity contribution < 1.29 is 17.9 Å². The van der Waals surface area contributed by atoms with Crippen LogP contribution in [0.15, 0.2) is 6.07 Å². The van der Waals surface area contributed by atoms with Gasteiger partial charge in [-0.05, 0) is 7.05 Å². The predicted octanol–water partition coefficient (Wildman–Crippen LogP) is 2.14. The summed E-state index contributed by atoms with van der Waals surface area (Å²) in [6.45, 7) is 2.39. The number of halogens is 4. The smallest absolute Gasteiger partial charge is 0.383 e. The topological polar surface area (TPSA) is 50.3 Å². The van der Waals surface area contributed by atoms with Crippen molar-refractivity contribution in [2.45, 2.75) is 6.18 Å². The molecule has 1 aromatic rings. The van der Waals surface area contributed by atoms with Crippen LogP contribution in [0.4, 0.5) is 19.0 Å². The van der Waals surface area contributed by atoms with Crippen molar-refractivity contribution in [1.82, 2.24) is 14.9 Å². The van der Waals surface area contributed by atoms with Crippen molar-refractivity contribution in [2.24, 2.45) is 0 Å². The van der Waals surface area contributed by atoms with Crippen molar-refractivity contribution in [2.75, 3.05) is 45.7 Å². The van der Waals surface area contributed by atoms with Gasteiger partial charge in [0.25, 0.3) is 0 Å². The second kappa shape index (κ2) is 7.61. The SMILES string of the molecule is COCCN(C)CCNc1cc(Cl)nc(C(F)(F)F)n1. The monoisotopic (exact) mass is 312 g/mol. The van der Waals surface area contributed by atoms with Crippen LogP contribution in [0.25, 0.3) is 0 Å². The Morgan fingerprint density at radius 2 is 2.05 bits per heavy atom. The largest absolute Gasteiger partial charge is 0.451 e. The molecule has 1 rings (SSSR count). The molecule has 9 heteroatoms. The first kappa shape index (κ1) is 16.9. The van der Waals surface area contributed by atoms with Gasteiger partial charge in [0.05, 0.1) is 6.61 Å². The molecule has 0 fully saturated rings. The molecule has 5 nitrogen and oxygen atoms in total. The number of nitrogens with zero attached hydrogens (tertiary/aromatic N) is 3. The van der Waals surface area contributed by atoms with Gasteiger partial charge in [0.1, 0.15) is 11.0 Å². The predicted molar refractivity (Wildman–Crippen MR) is 69.9 cm³/mol. The van der Waals surface area contributed by atoms with Gasteiger partial charge in [-0.2, -0.15) is 13.2 Å². The van der Waals surface area contributed by atoms with Crippen molar-refractivity contribution in [1.29, 1.82) is 0 Å². The second-order valence-electron chi connectivity index (χ2n) is 4.12. The lowest BCUT2D eigenvalue weighted by Crippen LogP contribution is -2.28. The molecule has 0 aliphatic heterocycles. The van der Waals surface area contributed by atoms with Gasteiger partial charge in [0.2, 0.25) is 5.82 Å². The van der Waals surface area contributed by atoms with Crippen LogP contribution >= 0.6 is 11.6 Å². The second-order valence-corrected chi connectivity index (χ2v) is 4.51. The lowest BCUT2D eigenvalue weighted by atomic mass is 10.4. The number of hydrogen-bond donors (Lipinski definition) is 1. The highest BCUT2D eigenvalue weighted by Crippen LogP contribution is 2.28. The molecule has 114 valence electrons. The highest BCUT2D eigenvalue weighted by atomic mass is 35.5. The number of likely N-dealkylation sites (N-methyl/N-ethyl adjacent to an activating group) is 1. The van der Waals surface area contributed by atoms with E-state index in [-0.39, 0.29) is 11.0 Å². The Balaban J connectivity index is 2.54. The van der Waals surface area contributed by atoms with Gasteiger partial charge in [-0.25, -0.2) is 9.97 Å². The first-order valence-corrected chi connectivity index (χ1v) is 6.24. The van der Waals surface area contributed by atoms with Crippen LogP contribution in [0.3, 0.4) is 0 Å². The van der Waals surface area contributed by atoms with Crippen molar-refractivity contribution in [3.8, 4) is 0 Å². The van der Waals surface area contributed by atoms with Crippen LogP contribution < -0.4 is 5.32 Å². The van der Waals surface area contributed by atoms with Crippen molar-refractivity contribution in [3.05, 3.63) is 17.0 Å². The maximum absolute atomic E-state index is 12.5. The first-order chi connectivity index (χ1) is 9.32. The third-order valence-electron chi connectivity index (χ3n) is 2.43. The summed E-state index contributed by atoms with van der Waals surface area (Å²) in [5.41, 5.74) is 0. The molecule has 0 bridgehead atoms. The number of methoxy groups -OCH3 is 1. The van der Waals surface area contributed by atoms with Crippen LogP contribution in [0.5, 0.6) is 0 Å². The molecule has 0 spiro atoms. The molecular weight excluding hydrogens is 297 g/mol. The molecule has 0 amide bonds. The number of nitrogens with one attached hydrogen (secondary N) is 1. The summed E-state index contributed by atoms with van der Waals surface area (Å²) in [4.78, 5) is 8.52. The molecule has 1 heterocycles. The lowest BCUT2D eigenvalue weighted by molar-refractivity contribution is -0.144. The van der Waals surface area contributed by atoms with Crippen LogP contribution in [0.2, 0.25) is 5.15 Å². The minimum Gasteiger partial charge on any atom is -0.383 e. The van der Waals surface area contributed by atoms with E-state index < -0.39 is 12.0 Å². The van der Waals surface area contributed by atoms with E-state index >= 15 is 0 Å². The van der Waals surface area contributed by atoms with E-state index in [0.717, 1.165) is 6.54 Å². The quantitative estimate of drug-likeness (QED) is 0.782. The van der Waals surface area contributed by atoms with Gasteiger partial charge >= 0.3 is 6.18 Å². The van der Waals surface area contributed by atoms with E-state index in [2.05, 4.69) is 15.3 Å².